The largest absolute Gasteiger partial charge is 0.451 e. The lowest BCUT2D eigenvalue weighted by Crippen LogP contribution is -2.49. The van der Waals surface area contributed by atoms with Crippen LogP contribution >= 0.6 is 0 Å². The monoisotopic (exact) mass is 347 g/mol. The van der Waals surface area contributed by atoms with Gasteiger partial charge in [0, 0.05) is 12.2 Å². The van der Waals surface area contributed by atoms with Gasteiger partial charge in [0.05, 0.1) is 0 Å². The molecule has 0 radical (unpaired) electrons. The molecule has 0 spiro atoms. The standard InChI is InChI=1S/C18H25N3O4/c1-5-11-19-16(22)13(4)25-17(23)15(12(2)3)21-18(24)20-14-9-7-6-8-10-14/h5-10,12-13,15H,1,11H2,2-4H3,(H,19,22)(H2,20,21,24)/t13-,15+/m0/s1. The van der Waals surface area contributed by atoms with E-state index in [0.29, 0.717) is 5.69 Å². The van der Waals surface area contributed by atoms with Crippen molar-refractivity contribution in [1.29, 1.82) is 0 Å². The Balaban J connectivity index is 2.62. The summed E-state index contributed by atoms with van der Waals surface area (Å²) < 4.78 is 5.16. The zero-order chi connectivity index (χ0) is 18.8. The van der Waals surface area contributed by atoms with Crippen molar-refractivity contribution in [1.82, 2.24) is 10.6 Å². The van der Waals surface area contributed by atoms with Crippen molar-refractivity contribution in [2.75, 3.05) is 11.9 Å². The summed E-state index contributed by atoms with van der Waals surface area (Å²) in [5.41, 5.74) is 0.605. The van der Waals surface area contributed by atoms with E-state index in [-0.39, 0.29) is 12.5 Å². The van der Waals surface area contributed by atoms with Crippen LogP contribution in [0.5, 0.6) is 0 Å². The summed E-state index contributed by atoms with van der Waals surface area (Å²) in [5.74, 6) is -1.30. The van der Waals surface area contributed by atoms with E-state index in [1.54, 1.807) is 38.1 Å². The smallest absolute Gasteiger partial charge is 0.329 e. The molecule has 136 valence electrons. The van der Waals surface area contributed by atoms with Crippen LogP contribution in [0.4, 0.5) is 10.5 Å². The number of hydrogen-bond donors (Lipinski definition) is 3. The van der Waals surface area contributed by atoms with Gasteiger partial charge in [-0.2, -0.15) is 0 Å². The molecule has 0 aliphatic rings. The summed E-state index contributed by atoms with van der Waals surface area (Å²) in [6, 6.07) is 7.46. The topological polar surface area (TPSA) is 96.5 Å². The van der Waals surface area contributed by atoms with Crippen LogP contribution in [-0.4, -0.2) is 36.6 Å². The average molecular weight is 347 g/mol. The fraction of sp³-hybridized carbons (Fsp3) is 0.389. The van der Waals surface area contributed by atoms with Gasteiger partial charge < -0.3 is 20.7 Å². The van der Waals surface area contributed by atoms with Gasteiger partial charge in [-0.3, -0.25) is 4.79 Å². The van der Waals surface area contributed by atoms with E-state index in [4.69, 9.17) is 4.74 Å². The lowest BCUT2D eigenvalue weighted by molar-refractivity contribution is -0.157. The number of benzene rings is 1. The van der Waals surface area contributed by atoms with Crippen LogP contribution in [-0.2, 0) is 14.3 Å². The molecule has 0 aliphatic heterocycles. The Bertz CT molecular complexity index is 602. The van der Waals surface area contributed by atoms with Gasteiger partial charge in [-0.1, -0.05) is 38.1 Å². The second-order valence-corrected chi connectivity index (χ2v) is 5.80. The molecule has 7 nitrogen and oxygen atoms in total. The predicted molar refractivity (Wildman–Crippen MR) is 96.0 cm³/mol. The third-order valence-electron chi connectivity index (χ3n) is 3.32. The SMILES string of the molecule is C=CCNC(=O)[C@H](C)OC(=O)[C@H](NC(=O)Nc1ccccc1)C(C)C. The van der Waals surface area contributed by atoms with Crippen molar-refractivity contribution in [3.8, 4) is 0 Å². The number of ether oxygens (including phenoxy) is 1. The summed E-state index contributed by atoms with van der Waals surface area (Å²) in [6.45, 7) is 8.80. The molecule has 0 heterocycles. The minimum Gasteiger partial charge on any atom is -0.451 e. The Kier molecular flexibility index (Phi) is 8.18. The van der Waals surface area contributed by atoms with E-state index in [1.165, 1.54) is 13.0 Å². The Hall–Kier alpha value is -2.83. The first-order chi connectivity index (χ1) is 11.8. The number of carbonyl (C=O) groups excluding carboxylic acids is 3. The molecule has 0 saturated carbocycles. The second kappa shape index (κ2) is 10.1. The fourth-order valence-corrected chi connectivity index (χ4v) is 1.95. The maximum absolute atomic E-state index is 12.3. The van der Waals surface area contributed by atoms with E-state index >= 15 is 0 Å². The number of amides is 3. The quantitative estimate of drug-likeness (QED) is 0.495. The molecule has 2 atom stereocenters. The highest BCUT2D eigenvalue weighted by Gasteiger charge is 2.28. The molecule has 7 heteroatoms. The molecular formula is C18H25N3O4. The zero-order valence-corrected chi connectivity index (χ0v) is 14.7. The number of rotatable bonds is 8. The molecular weight excluding hydrogens is 322 g/mol. The molecule has 0 saturated heterocycles. The summed E-state index contributed by atoms with van der Waals surface area (Å²) in [6.07, 6.45) is 0.562. The number of nitrogens with one attached hydrogen (secondary N) is 3. The lowest BCUT2D eigenvalue weighted by Gasteiger charge is -2.23. The van der Waals surface area contributed by atoms with Gasteiger partial charge >= 0.3 is 12.0 Å². The minimum atomic E-state index is -0.965. The molecule has 1 aromatic rings. The first kappa shape index (κ1) is 20.2. The van der Waals surface area contributed by atoms with Crippen molar-refractivity contribution in [2.24, 2.45) is 5.92 Å². The summed E-state index contributed by atoms with van der Waals surface area (Å²) >= 11 is 0. The van der Waals surface area contributed by atoms with E-state index in [1.807, 2.05) is 6.07 Å². The molecule has 0 fully saturated rings. The summed E-state index contributed by atoms with van der Waals surface area (Å²) in [5, 5.41) is 7.76. The Morgan fingerprint density at radius 3 is 2.36 bits per heavy atom. The van der Waals surface area contributed by atoms with Crippen LogP contribution in [0.2, 0.25) is 0 Å². The first-order valence-corrected chi connectivity index (χ1v) is 8.06. The van der Waals surface area contributed by atoms with Crippen LogP contribution < -0.4 is 16.0 Å². The number of hydrogen-bond acceptors (Lipinski definition) is 4. The summed E-state index contributed by atoms with van der Waals surface area (Å²) in [7, 11) is 0. The van der Waals surface area contributed by atoms with Crippen molar-refractivity contribution >= 4 is 23.6 Å². The molecule has 0 bridgehead atoms. The van der Waals surface area contributed by atoms with Gasteiger partial charge in [0.15, 0.2) is 6.10 Å². The van der Waals surface area contributed by atoms with E-state index in [9.17, 15) is 14.4 Å². The van der Waals surface area contributed by atoms with E-state index < -0.39 is 30.1 Å². The number of para-hydroxylation sites is 1. The molecule has 0 unspecified atom stereocenters. The van der Waals surface area contributed by atoms with Crippen molar-refractivity contribution in [3.05, 3.63) is 43.0 Å². The Morgan fingerprint density at radius 2 is 1.80 bits per heavy atom. The highest BCUT2D eigenvalue weighted by atomic mass is 16.5. The molecule has 3 N–H and O–H groups in total. The number of urea groups is 1. The molecule has 1 aromatic carbocycles. The highest BCUT2D eigenvalue weighted by molar-refractivity contribution is 5.93. The van der Waals surface area contributed by atoms with Gasteiger partial charge in [-0.25, -0.2) is 9.59 Å². The van der Waals surface area contributed by atoms with Crippen molar-refractivity contribution in [3.63, 3.8) is 0 Å². The summed E-state index contributed by atoms with van der Waals surface area (Å²) in [4.78, 5) is 36.1. The molecule has 0 aromatic heterocycles. The Labute approximate surface area is 147 Å². The maximum Gasteiger partial charge on any atom is 0.329 e. The van der Waals surface area contributed by atoms with Crippen molar-refractivity contribution in [2.45, 2.75) is 32.9 Å². The lowest BCUT2D eigenvalue weighted by atomic mass is 10.0. The van der Waals surface area contributed by atoms with E-state index in [0.717, 1.165) is 0 Å². The third-order valence-corrected chi connectivity index (χ3v) is 3.32. The number of anilines is 1. The fourth-order valence-electron chi connectivity index (χ4n) is 1.95. The third kappa shape index (κ3) is 7.07. The normalized spacial score (nSPS) is 12.6. The first-order valence-electron chi connectivity index (χ1n) is 8.06. The predicted octanol–water partition coefficient (Wildman–Crippen LogP) is 2.07. The van der Waals surface area contributed by atoms with Crippen LogP contribution in [0.3, 0.4) is 0 Å². The molecule has 3 amide bonds. The molecule has 25 heavy (non-hydrogen) atoms. The maximum atomic E-state index is 12.3. The molecule has 0 aliphatic carbocycles. The van der Waals surface area contributed by atoms with Gasteiger partial charge in [0.1, 0.15) is 6.04 Å². The zero-order valence-electron chi connectivity index (χ0n) is 14.7. The highest BCUT2D eigenvalue weighted by Crippen LogP contribution is 2.08. The number of carbonyl (C=O) groups is 3. The van der Waals surface area contributed by atoms with Crippen molar-refractivity contribution < 1.29 is 19.1 Å². The Morgan fingerprint density at radius 1 is 1.16 bits per heavy atom. The van der Waals surface area contributed by atoms with Gasteiger partial charge in [0.2, 0.25) is 0 Å². The number of esters is 1. The van der Waals surface area contributed by atoms with Crippen LogP contribution in [0.25, 0.3) is 0 Å². The van der Waals surface area contributed by atoms with Crippen LogP contribution in [0, 0.1) is 5.92 Å². The van der Waals surface area contributed by atoms with Gasteiger partial charge in [-0.15, -0.1) is 6.58 Å². The molecule has 1 rings (SSSR count). The van der Waals surface area contributed by atoms with E-state index in [2.05, 4.69) is 22.5 Å². The van der Waals surface area contributed by atoms with Gasteiger partial charge in [-0.05, 0) is 25.0 Å². The van der Waals surface area contributed by atoms with Crippen LogP contribution in [0.1, 0.15) is 20.8 Å². The average Bonchev–Trinajstić information content (AvgIpc) is 2.57. The minimum absolute atomic E-state index is 0.211. The van der Waals surface area contributed by atoms with Crippen LogP contribution in [0.15, 0.2) is 43.0 Å². The van der Waals surface area contributed by atoms with Gasteiger partial charge in [0.25, 0.3) is 5.91 Å². The second-order valence-electron chi connectivity index (χ2n) is 5.80.